The molecule has 6 nitrogen and oxygen atoms in total. The van der Waals surface area contributed by atoms with Crippen LogP contribution in [-0.2, 0) is 0 Å². The van der Waals surface area contributed by atoms with E-state index in [1.165, 1.54) is 24.3 Å². The molecule has 0 bridgehead atoms. The van der Waals surface area contributed by atoms with Gasteiger partial charge in [0.1, 0.15) is 23.2 Å². The summed E-state index contributed by atoms with van der Waals surface area (Å²) < 4.78 is 39.4. The fourth-order valence-electron chi connectivity index (χ4n) is 3.81. The second-order valence-electron chi connectivity index (χ2n) is 7.35. The Morgan fingerprint density at radius 2 is 1.79 bits per heavy atom. The summed E-state index contributed by atoms with van der Waals surface area (Å²) >= 11 is 0. The number of allylic oxidation sites excluding steroid dienone is 1. The van der Waals surface area contributed by atoms with E-state index in [9.17, 15) is 14.0 Å². The minimum Gasteiger partial charge on any atom is -0.454 e. The summed E-state index contributed by atoms with van der Waals surface area (Å²) in [5, 5.41) is 16.9. The number of nitrogens with zero attached hydrogens (tertiary/aromatic N) is 2. The molecule has 2 heterocycles. The van der Waals surface area contributed by atoms with Crippen molar-refractivity contribution in [3.8, 4) is 34.7 Å². The zero-order valence-electron chi connectivity index (χ0n) is 17.0. The summed E-state index contributed by atoms with van der Waals surface area (Å²) in [6.07, 6.45) is 0. The van der Waals surface area contributed by atoms with Crippen molar-refractivity contribution in [2.45, 2.75) is 5.92 Å². The molecule has 1 aliphatic rings. The first-order chi connectivity index (χ1) is 16.0. The number of fused-ring (bicyclic) bond motifs is 1. The lowest BCUT2D eigenvalue weighted by Gasteiger charge is -2.24. The molecule has 0 aliphatic carbocycles. The van der Waals surface area contributed by atoms with E-state index >= 15 is 0 Å². The van der Waals surface area contributed by atoms with Gasteiger partial charge in [-0.1, -0.05) is 24.3 Å². The summed E-state index contributed by atoms with van der Waals surface area (Å²) in [6.45, 7) is 0. The summed E-state index contributed by atoms with van der Waals surface area (Å²) in [5.74, 6) is -1.11. The van der Waals surface area contributed by atoms with Gasteiger partial charge < -0.3 is 15.2 Å². The van der Waals surface area contributed by atoms with E-state index in [1.54, 1.807) is 42.5 Å². The van der Waals surface area contributed by atoms with Gasteiger partial charge in [-0.05, 0) is 54.1 Å². The fraction of sp³-hybridized carbons (Fsp3) is 0.0400. The monoisotopic (exact) mass is 442 g/mol. The highest BCUT2D eigenvalue weighted by atomic mass is 19.1. The number of benzene rings is 3. The maximum absolute atomic E-state index is 14.6. The Morgan fingerprint density at radius 3 is 2.52 bits per heavy atom. The van der Waals surface area contributed by atoms with E-state index in [0.29, 0.717) is 28.1 Å². The first-order valence-electron chi connectivity index (χ1n) is 9.99. The maximum Gasteiger partial charge on any atom is 0.244 e. The number of rotatable bonds is 4. The molecule has 3 N–H and O–H groups in total. The van der Waals surface area contributed by atoms with Gasteiger partial charge in [-0.2, -0.15) is 5.26 Å². The average Bonchev–Trinajstić information content (AvgIpc) is 3.24. The van der Waals surface area contributed by atoms with Crippen LogP contribution in [0.1, 0.15) is 17.0 Å². The molecule has 1 aliphatic heterocycles. The third-order valence-corrected chi connectivity index (χ3v) is 5.33. The highest BCUT2D eigenvalue weighted by molar-refractivity contribution is 5.71. The highest BCUT2D eigenvalue weighted by Crippen LogP contribution is 2.46. The van der Waals surface area contributed by atoms with Gasteiger partial charge in [-0.3, -0.25) is 5.10 Å². The number of nitrogens with two attached hydrogens (primary N) is 1. The number of ether oxygens (including phenoxy) is 2. The zero-order valence-corrected chi connectivity index (χ0v) is 17.0. The fourth-order valence-corrected chi connectivity index (χ4v) is 3.81. The lowest BCUT2D eigenvalue weighted by molar-refractivity contribution is 0.378. The van der Waals surface area contributed by atoms with Crippen molar-refractivity contribution < 1.29 is 18.3 Å². The van der Waals surface area contributed by atoms with Crippen molar-refractivity contribution in [1.82, 2.24) is 10.2 Å². The number of para-hydroxylation sites is 1. The Morgan fingerprint density at radius 1 is 1.03 bits per heavy atom. The van der Waals surface area contributed by atoms with E-state index in [1.807, 2.05) is 6.07 Å². The minimum atomic E-state index is -0.712. The van der Waals surface area contributed by atoms with Crippen LogP contribution in [0, 0.1) is 23.0 Å². The molecule has 33 heavy (non-hydrogen) atoms. The molecule has 8 heteroatoms. The minimum absolute atomic E-state index is 0.00516. The van der Waals surface area contributed by atoms with Crippen LogP contribution in [0.5, 0.6) is 17.4 Å². The van der Waals surface area contributed by atoms with Crippen LogP contribution >= 0.6 is 0 Å². The second kappa shape index (κ2) is 8.13. The van der Waals surface area contributed by atoms with Crippen LogP contribution in [0.15, 0.2) is 84.3 Å². The number of halogens is 2. The molecule has 0 saturated heterocycles. The SMILES string of the molecule is N#CC1=C(N)Oc2n[nH]c(-c3ccc(F)cc3)c2C1c1ccc(F)c(Oc2ccccc2)c1. The Balaban J connectivity index is 1.65. The third-order valence-electron chi connectivity index (χ3n) is 5.33. The van der Waals surface area contributed by atoms with Gasteiger partial charge in [0.05, 0.1) is 17.2 Å². The van der Waals surface area contributed by atoms with Crippen LogP contribution < -0.4 is 15.2 Å². The molecule has 5 rings (SSSR count). The Labute approximate surface area is 187 Å². The standard InChI is InChI=1S/C25H16F2N4O2/c26-16-9-6-14(7-10-16)23-22-21(18(13-28)24(29)33-25(22)31-30-23)15-8-11-19(27)20(12-15)32-17-4-2-1-3-5-17/h1-12,21H,29H2,(H,30,31). The van der Waals surface area contributed by atoms with Crippen molar-refractivity contribution in [2.75, 3.05) is 0 Å². The van der Waals surface area contributed by atoms with Crippen LogP contribution in [-0.4, -0.2) is 10.2 Å². The van der Waals surface area contributed by atoms with Gasteiger partial charge >= 0.3 is 0 Å². The molecule has 0 spiro atoms. The van der Waals surface area contributed by atoms with E-state index < -0.39 is 11.7 Å². The third kappa shape index (κ3) is 3.66. The average molecular weight is 442 g/mol. The van der Waals surface area contributed by atoms with Gasteiger partial charge in [-0.15, -0.1) is 5.10 Å². The van der Waals surface area contributed by atoms with Gasteiger partial charge in [0.25, 0.3) is 0 Å². The quantitative estimate of drug-likeness (QED) is 0.443. The lowest BCUT2D eigenvalue weighted by Crippen LogP contribution is -2.21. The number of nitriles is 1. The predicted octanol–water partition coefficient (Wildman–Crippen LogP) is 5.37. The number of nitrogens with one attached hydrogen (secondary N) is 1. The molecule has 3 aromatic carbocycles. The summed E-state index contributed by atoms with van der Waals surface area (Å²) in [4.78, 5) is 0. The van der Waals surface area contributed by atoms with Gasteiger partial charge in [-0.25, -0.2) is 8.78 Å². The number of aromatic nitrogens is 2. The summed E-state index contributed by atoms with van der Waals surface area (Å²) in [7, 11) is 0. The Kier molecular flexibility index (Phi) is 4.99. The van der Waals surface area contributed by atoms with Crippen LogP contribution in [0.2, 0.25) is 0 Å². The van der Waals surface area contributed by atoms with Gasteiger partial charge in [0, 0.05) is 5.56 Å². The normalized spacial score (nSPS) is 14.9. The van der Waals surface area contributed by atoms with Crippen molar-refractivity contribution in [1.29, 1.82) is 5.26 Å². The molecule has 0 fully saturated rings. The van der Waals surface area contributed by atoms with E-state index in [2.05, 4.69) is 16.3 Å². The molecular formula is C25H16F2N4O2. The number of hydrogen-bond acceptors (Lipinski definition) is 5. The van der Waals surface area contributed by atoms with Crippen molar-refractivity contribution in [2.24, 2.45) is 5.73 Å². The van der Waals surface area contributed by atoms with Gasteiger partial charge in [0.15, 0.2) is 11.6 Å². The molecule has 1 atom stereocenters. The molecule has 1 unspecified atom stereocenters. The van der Waals surface area contributed by atoms with Crippen molar-refractivity contribution in [3.63, 3.8) is 0 Å². The molecule has 0 amide bonds. The molecule has 0 radical (unpaired) electrons. The van der Waals surface area contributed by atoms with Crippen LogP contribution in [0.25, 0.3) is 11.3 Å². The first-order valence-corrected chi connectivity index (χ1v) is 9.99. The highest BCUT2D eigenvalue weighted by Gasteiger charge is 2.36. The lowest BCUT2D eigenvalue weighted by atomic mass is 9.83. The molecule has 4 aromatic rings. The van der Waals surface area contributed by atoms with Crippen LogP contribution in [0.3, 0.4) is 0 Å². The first kappa shape index (κ1) is 20.3. The van der Waals surface area contributed by atoms with Crippen LogP contribution in [0.4, 0.5) is 8.78 Å². The summed E-state index contributed by atoms with van der Waals surface area (Å²) in [6, 6.07) is 21.1. The van der Waals surface area contributed by atoms with E-state index in [4.69, 9.17) is 15.2 Å². The molecule has 162 valence electrons. The Bertz CT molecular complexity index is 1410. The number of hydrogen-bond donors (Lipinski definition) is 2. The largest absolute Gasteiger partial charge is 0.454 e. The molecule has 0 saturated carbocycles. The predicted molar refractivity (Wildman–Crippen MR) is 116 cm³/mol. The topological polar surface area (TPSA) is 97.0 Å². The van der Waals surface area contributed by atoms with Crippen molar-refractivity contribution >= 4 is 0 Å². The van der Waals surface area contributed by atoms with Crippen molar-refractivity contribution in [3.05, 3.63) is 107 Å². The number of H-pyrrole nitrogens is 1. The smallest absolute Gasteiger partial charge is 0.244 e. The number of aromatic amines is 1. The summed E-state index contributed by atoms with van der Waals surface area (Å²) in [5.41, 5.74) is 8.42. The van der Waals surface area contributed by atoms with Gasteiger partial charge in [0.2, 0.25) is 11.8 Å². The Hall–Kier alpha value is -4.64. The maximum atomic E-state index is 14.6. The van der Waals surface area contributed by atoms with E-state index in [0.717, 1.165) is 0 Å². The molecular weight excluding hydrogens is 426 g/mol. The molecule has 1 aromatic heterocycles. The van der Waals surface area contributed by atoms with E-state index in [-0.39, 0.29) is 28.9 Å². The zero-order chi connectivity index (χ0) is 22.9. The second-order valence-corrected chi connectivity index (χ2v) is 7.35.